The average Bonchev–Trinajstić information content (AvgIpc) is 2.88. The van der Waals surface area contributed by atoms with E-state index in [-0.39, 0.29) is 12.6 Å². The molecule has 2 atom stereocenters. The Morgan fingerprint density at radius 3 is 2.48 bits per heavy atom. The van der Waals surface area contributed by atoms with Crippen LogP contribution in [0.15, 0.2) is 24.5 Å². The van der Waals surface area contributed by atoms with Crippen LogP contribution in [-0.2, 0) is 36.0 Å². The number of allylic oxidation sites excluding steroid dienone is 2. The second-order valence-corrected chi connectivity index (χ2v) is 6.54. The van der Waals surface area contributed by atoms with E-state index in [4.69, 9.17) is 14.2 Å². The molecule has 1 heterocycles. The second-order valence-electron chi connectivity index (χ2n) is 6.07. The number of hydrogen-bond acceptors (Lipinski definition) is 5. The molecule has 0 aromatic heterocycles. The van der Waals surface area contributed by atoms with Crippen molar-refractivity contribution in [2.45, 2.75) is 44.9 Å². The van der Waals surface area contributed by atoms with Gasteiger partial charge in [0.05, 0.1) is 0 Å². The minimum absolute atomic E-state index is 0.248. The van der Waals surface area contributed by atoms with E-state index in [0.717, 1.165) is 0 Å². The van der Waals surface area contributed by atoms with E-state index in [0.29, 0.717) is 12.2 Å². The summed E-state index contributed by atoms with van der Waals surface area (Å²) >= 11 is 2.30. The van der Waals surface area contributed by atoms with Crippen molar-refractivity contribution in [3.05, 3.63) is 24.5 Å². The van der Waals surface area contributed by atoms with E-state index < -0.39 is 23.7 Å². The van der Waals surface area contributed by atoms with Crippen LogP contribution in [-0.4, -0.2) is 53.1 Å². The molecule has 1 saturated heterocycles. The van der Waals surface area contributed by atoms with Gasteiger partial charge in [0.2, 0.25) is 0 Å². The van der Waals surface area contributed by atoms with E-state index in [1.54, 1.807) is 37.7 Å². The van der Waals surface area contributed by atoms with Gasteiger partial charge in [0.1, 0.15) is 0 Å². The predicted molar refractivity (Wildman–Crippen MR) is 82.6 cm³/mol. The molecule has 0 radical (unpaired) electrons. The SMILES string of the molecule is C=C/C(=C\[CH]=[V])O[C@@H]1C[C@@H](C(=O)OC)N(C(=O)OC(C)(C)C)C1. The molecule has 0 bridgehead atoms. The van der Waals surface area contributed by atoms with E-state index in [9.17, 15) is 9.59 Å². The minimum atomic E-state index is -0.715. The van der Waals surface area contributed by atoms with Gasteiger partial charge in [0.25, 0.3) is 0 Å². The topological polar surface area (TPSA) is 65.1 Å². The van der Waals surface area contributed by atoms with Crippen molar-refractivity contribution in [2.75, 3.05) is 13.7 Å². The van der Waals surface area contributed by atoms with Gasteiger partial charge in [-0.1, -0.05) is 0 Å². The number of hydrogen-bond donors (Lipinski definition) is 0. The van der Waals surface area contributed by atoms with Gasteiger partial charge in [0, 0.05) is 0 Å². The summed E-state index contributed by atoms with van der Waals surface area (Å²) in [6, 6.07) is -0.715. The Bertz CT molecular complexity index is 509. The van der Waals surface area contributed by atoms with Crippen LogP contribution in [0.25, 0.3) is 0 Å². The fraction of sp³-hybridized carbons (Fsp3) is 0.562. The summed E-state index contributed by atoms with van der Waals surface area (Å²) in [5.41, 5.74) is -0.641. The zero-order chi connectivity index (χ0) is 17.6. The standard InChI is InChI=1S/C16H23NO5.V/c1-7-11(8-2)21-12-9-13(14(18)20-6)17(10-12)15(19)22-16(3,4)5;/h1,7-8,12-13H,2,9-10H2,3-6H3;/b11-7+;/t12-,13+;/m1./s1. The molecular weight excluding hydrogens is 337 g/mol. The van der Waals surface area contributed by atoms with Crippen molar-refractivity contribution in [2.24, 2.45) is 0 Å². The molecule has 1 aliphatic rings. The molecule has 1 fully saturated rings. The average molecular weight is 360 g/mol. The number of ether oxygens (including phenoxy) is 3. The van der Waals surface area contributed by atoms with Crippen LogP contribution in [0.1, 0.15) is 27.2 Å². The number of likely N-dealkylation sites (tertiary alicyclic amines) is 1. The van der Waals surface area contributed by atoms with Gasteiger partial charge in [-0.25, -0.2) is 0 Å². The van der Waals surface area contributed by atoms with Crippen molar-refractivity contribution in [3.63, 3.8) is 0 Å². The Morgan fingerprint density at radius 1 is 1.35 bits per heavy atom. The van der Waals surface area contributed by atoms with Gasteiger partial charge in [-0.05, 0) is 0 Å². The molecule has 127 valence electrons. The van der Waals surface area contributed by atoms with Gasteiger partial charge in [-0.3, -0.25) is 0 Å². The first-order chi connectivity index (χ1) is 10.7. The molecule has 23 heavy (non-hydrogen) atoms. The zero-order valence-electron chi connectivity index (χ0n) is 13.9. The van der Waals surface area contributed by atoms with Crippen LogP contribution < -0.4 is 0 Å². The first kappa shape index (κ1) is 19.5. The molecule has 0 spiro atoms. The molecule has 0 aromatic carbocycles. The molecule has 1 aliphatic heterocycles. The van der Waals surface area contributed by atoms with E-state index in [1.807, 2.05) is 0 Å². The molecule has 6 nitrogen and oxygen atoms in total. The van der Waals surface area contributed by atoms with Crippen LogP contribution in [0, 0.1) is 0 Å². The Hall–Kier alpha value is -1.53. The summed E-state index contributed by atoms with van der Waals surface area (Å²) in [6.45, 7) is 9.25. The van der Waals surface area contributed by atoms with Crippen molar-refractivity contribution in [1.29, 1.82) is 0 Å². The predicted octanol–water partition coefficient (Wildman–Crippen LogP) is 1.97. The summed E-state index contributed by atoms with van der Waals surface area (Å²) < 4.78 is 17.7. The number of amides is 1. The summed E-state index contributed by atoms with van der Waals surface area (Å²) in [6.07, 6.45) is 2.78. The third-order valence-electron chi connectivity index (χ3n) is 3.11. The Kier molecular flexibility index (Phi) is 7.10. The first-order valence-electron chi connectivity index (χ1n) is 7.26. The third-order valence-corrected chi connectivity index (χ3v) is 3.34. The number of carbonyl (C=O) groups excluding carboxylic acids is 2. The van der Waals surface area contributed by atoms with Crippen molar-refractivity contribution >= 4 is 16.8 Å². The van der Waals surface area contributed by atoms with E-state index >= 15 is 0 Å². The van der Waals surface area contributed by atoms with E-state index in [2.05, 4.69) is 23.6 Å². The van der Waals surface area contributed by atoms with Crippen LogP contribution in [0.3, 0.4) is 0 Å². The van der Waals surface area contributed by atoms with Crippen LogP contribution in [0.4, 0.5) is 4.79 Å². The molecule has 0 N–H and O–H groups in total. The number of esters is 1. The molecule has 7 heteroatoms. The molecule has 0 unspecified atom stereocenters. The fourth-order valence-electron chi connectivity index (χ4n) is 2.19. The Morgan fingerprint density at radius 2 is 2.00 bits per heavy atom. The zero-order valence-corrected chi connectivity index (χ0v) is 15.3. The summed E-state index contributed by atoms with van der Waals surface area (Å²) in [4.78, 5) is 25.6. The maximum absolute atomic E-state index is 12.3. The number of carbonyl (C=O) groups is 2. The number of methoxy groups -OCH3 is 1. The molecule has 0 saturated carbocycles. The molecule has 0 aliphatic carbocycles. The van der Waals surface area contributed by atoms with Crippen molar-refractivity contribution in [3.8, 4) is 0 Å². The summed E-state index contributed by atoms with van der Waals surface area (Å²) in [5.74, 6) is 0.0927. The monoisotopic (exact) mass is 360 g/mol. The van der Waals surface area contributed by atoms with E-state index in [1.165, 1.54) is 12.0 Å². The van der Waals surface area contributed by atoms with Gasteiger partial charge < -0.3 is 0 Å². The normalized spacial score (nSPS) is 21.5. The molecule has 1 amide bonds. The van der Waals surface area contributed by atoms with Gasteiger partial charge in [0.15, 0.2) is 0 Å². The van der Waals surface area contributed by atoms with Crippen molar-refractivity contribution < 1.29 is 40.8 Å². The summed E-state index contributed by atoms with van der Waals surface area (Å²) in [5, 5.41) is 0. The van der Waals surface area contributed by atoms with Crippen molar-refractivity contribution in [1.82, 2.24) is 4.90 Å². The first-order valence-corrected chi connectivity index (χ1v) is 8.06. The van der Waals surface area contributed by atoms with Gasteiger partial charge in [-0.2, -0.15) is 0 Å². The molecule has 0 aromatic rings. The molecule has 1 rings (SSSR count). The maximum atomic E-state index is 12.3. The van der Waals surface area contributed by atoms with Gasteiger partial charge in [-0.15, -0.1) is 0 Å². The van der Waals surface area contributed by atoms with Gasteiger partial charge >= 0.3 is 146 Å². The number of rotatable bonds is 5. The Labute approximate surface area is 145 Å². The summed E-state index contributed by atoms with van der Waals surface area (Å²) in [7, 11) is 1.29. The quantitative estimate of drug-likeness (QED) is 0.426. The fourth-order valence-corrected chi connectivity index (χ4v) is 2.42. The Balaban J connectivity index is 2.88. The van der Waals surface area contributed by atoms with Crippen LogP contribution >= 0.6 is 0 Å². The number of nitrogens with zero attached hydrogens (tertiary/aromatic N) is 1. The van der Waals surface area contributed by atoms with Crippen LogP contribution in [0.2, 0.25) is 0 Å². The van der Waals surface area contributed by atoms with Crippen LogP contribution in [0.5, 0.6) is 0 Å². The third kappa shape index (κ3) is 5.88. The molecular formula is C16H23NO5V. The second kappa shape index (κ2) is 8.36.